The summed E-state index contributed by atoms with van der Waals surface area (Å²) in [6.07, 6.45) is 1.96. The molecule has 0 atom stereocenters. The molecule has 0 spiro atoms. The Kier molecular flexibility index (Phi) is 6.38. The predicted octanol–water partition coefficient (Wildman–Crippen LogP) is 2.83. The van der Waals surface area contributed by atoms with Gasteiger partial charge in [-0.15, -0.1) is 0 Å². The highest BCUT2D eigenvalue weighted by Crippen LogP contribution is 2.18. The van der Waals surface area contributed by atoms with Crippen LogP contribution < -0.4 is 10.0 Å². The van der Waals surface area contributed by atoms with E-state index >= 15 is 0 Å². The summed E-state index contributed by atoms with van der Waals surface area (Å²) < 4.78 is 27.5. The van der Waals surface area contributed by atoms with Crippen LogP contribution in [0.25, 0.3) is 0 Å². The fourth-order valence-corrected chi connectivity index (χ4v) is 3.61. The van der Waals surface area contributed by atoms with Crippen molar-refractivity contribution in [2.45, 2.75) is 64.4 Å². The second kappa shape index (κ2) is 7.38. The van der Waals surface area contributed by atoms with Crippen LogP contribution in [0, 0.1) is 0 Å². The molecule has 0 aliphatic heterocycles. The van der Waals surface area contributed by atoms with Gasteiger partial charge < -0.3 is 5.32 Å². The van der Waals surface area contributed by atoms with Crippen molar-refractivity contribution in [3.05, 3.63) is 29.3 Å². The third kappa shape index (κ3) is 5.77. The van der Waals surface area contributed by atoms with Crippen LogP contribution in [0.4, 0.5) is 0 Å². The minimum absolute atomic E-state index is 0.336. The molecule has 0 radical (unpaired) electrons. The quantitative estimate of drug-likeness (QED) is 0.761. The highest BCUT2D eigenvalue weighted by atomic mass is 32.2. The molecule has 21 heavy (non-hydrogen) atoms. The maximum Gasteiger partial charge on any atom is 0.241 e. The second-order valence-electron chi connectivity index (χ2n) is 6.32. The number of sulfonamides is 1. The molecule has 2 N–H and O–H groups in total. The van der Waals surface area contributed by atoms with Crippen LogP contribution in [-0.4, -0.2) is 20.5 Å². The van der Waals surface area contributed by atoms with E-state index in [1.165, 1.54) is 5.56 Å². The fraction of sp³-hybridized carbons (Fsp3) is 0.625. The Morgan fingerprint density at radius 1 is 1.10 bits per heavy atom. The Hall–Kier alpha value is -0.910. The third-order valence-corrected chi connectivity index (χ3v) is 4.81. The van der Waals surface area contributed by atoms with E-state index in [-0.39, 0.29) is 0 Å². The molecule has 0 heterocycles. The molecule has 0 aliphatic carbocycles. The fourth-order valence-electron chi connectivity index (χ4n) is 2.14. The highest BCUT2D eigenvalue weighted by Gasteiger charge is 2.22. The molecule has 1 aromatic rings. The van der Waals surface area contributed by atoms with Gasteiger partial charge >= 0.3 is 0 Å². The van der Waals surface area contributed by atoms with Crippen LogP contribution in [0.1, 0.15) is 52.2 Å². The van der Waals surface area contributed by atoms with Crippen LogP contribution in [0.3, 0.4) is 0 Å². The Bertz CT molecular complexity index is 560. The molecule has 0 aliphatic rings. The minimum atomic E-state index is -3.47. The first-order valence-corrected chi connectivity index (χ1v) is 9.04. The molecule has 120 valence electrons. The Morgan fingerprint density at radius 3 is 2.29 bits per heavy atom. The van der Waals surface area contributed by atoms with Gasteiger partial charge in [-0.1, -0.05) is 19.9 Å². The Morgan fingerprint density at radius 2 is 1.76 bits per heavy atom. The van der Waals surface area contributed by atoms with Crippen molar-refractivity contribution in [1.29, 1.82) is 0 Å². The average molecular weight is 312 g/mol. The van der Waals surface area contributed by atoms with Gasteiger partial charge in [0.15, 0.2) is 0 Å². The maximum absolute atomic E-state index is 12.4. The van der Waals surface area contributed by atoms with Crippen molar-refractivity contribution >= 4 is 10.0 Å². The number of nitrogens with one attached hydrogen (secondary N) is 2. The molecule has 0 unspecified atom stereocenters. The molecule has 1 rings (SSSR count). The van der Waals surface area contributed by atoms with Crippen molar-refractivity contribution in [2.75, 3.05) is 6.54 Å². The van der Waals surface area contributed by atoms with E-state index in [0.29, 0.717) is 11.4 Å². The zero-order chi connectivity index (χ0) is 16.1. The van der Waals surface area contributed by atoms with Crippen molar-refractivity contribution in [2.24, 2.45) is 0 Å². The zero-order valence-corrected chi connectivity index (χ0v) is 14.6. The summed E-state index contributed by atoms with van der Waals surface area (Å²) in [7, 11) is -3.47. The summed E-state index contributed by atoms with van der Waals surface area (Å²) in [5.74, 6) is 0. The number of benzene rings is 1. The summed E-state index contributed by atoms with van der Waals surface area (Å²) in [5, 5.41) is 3.34. The third-order valence-electron chi connectivity index (χ3n) is 3.05. The van der Waals surface area contributed by atoms with E-state index in [2.05, 4.69) is 23.9 Å². The lowest BCUT2D eigenvalue weighted by molar-refractivity contribution is 0.491. The second-order valence-corrected chi connectivity index (χ2v) is 8.00. The van der Waals surface area contributed by atoms with Crippen LogP contribution in [0.15, 0.2) is 23.1 Å². The Balaban J connectivity index is 3.06. The number of aryl methyl sites for hydroxylation is 1. The average Bonchev–Trinajstić information content (AvgIpc) is 2.36. The SMILES string of the molecule is CCCNCc1cc(S(=O)(=O)NC(C)(C)C)ccc1CC. The summed E-state index contributed by atoms with van der Waals surface area (Å²) >= 11 is 0. The van der Waals surface area contributed by atoms with Gasteiger partial charge in [-0.3, -0.25) is 0 Å². The first kappa shape index (κ1) is 18.1. The molecule has 0 aromatic heterocycles. The molecule has 0 bridgehead atoms. The zero-order valence-electron chi connectivity index (χ0n) is 13.8. The normalized spacial score (nSPS) is 12.6. The van der Waals surface area contributed by atoms with Crippen molar-refractivity contribution in [1.82, 2.24) is 10.0 Å². The van der Waals surface area contributed by atoms with Gasteiger partial charge in [0.05, 0.1) is 4.90 Å². The monoisotopic (exact) mass is 312 g/mol. The molecule has 4 nitrogen and oxygen atoms in total. The number of rotatable bonds is 7. The largest absolute Gasteiger partial charge is 0.313 e. The summed E-state index contributed by atoms with van der Waals surface area (Å²) in [5.41, 5.74) is 1.76. The molecule has 5 heteroatoms. The van der Waals surface area contributed by atoms with Crippen LogP contribution in [0.5, 0.6) is 0 Å². The minimum Gasteiger partial charge on any atom is -0.313 e. The topological polar surface area (TPSA) is 58.2 Å². The number of hydrogen-bond donors (Lipinski definition) is 2. The van der Waals surface area contributed by atoms with Crippen molar-refractivity contribution in [3.8, 4) is 0 Å². The summed E-state index contributed by atoms with van der Waals surface area (Å²) in [6.45, 7) is 11.4. The van der Waals surface area contributed by atoms with Crippen LogP contribution in [0.2, 0.25) is 0 Å². The molecule has 0 amide bonds. The van der Waals surface area contributed by atoms with Crippen LogP contribution in [-0.2, 0) is 23.0 Å². The van der Waals surface area contributed by atoms with Gasteiger partial charge in [-0.25, -0.2) is 13.1 Å². The van der Waals surface area contributed by atoms with E-state index in [4.69, 9.17) is 0 Å². The van der Waals surface area contributed by atoms with E-state index in [1.807, 2.05) is 26.8 Å². The highest BCUT2D eigenvalue weighted by molar-refractivity contribution is 7.89. The lowest BCUT2D eigenvalue weighted by Gasteiger charge is -2.21. The molecular weight excluding hydrogens is 284 g/mol. The summed E-state index contributed by atoms with van der Waals surface area (Å²) in [4.78, 5) is 0.336. The summed E-state index contributed by atoms with van der Waals surface area (Å²) in [6, 6.07) is 5.39. The van der Waals surface area contributed by atoms with E-state index < -0.39 is 15.6 Å². The van der Waals surface area contributed by atoms with Gasteiger partial charge in [0.2, 0.25) is 10.0 Å². The number of hydrogen-bond acceptors (Lipinski definition) is 3. The lowest BCUT2D eigenvalue weighted by atomic mass is 10.1. The van der Waals surface area contributed by atoms with Crippen LogP contribution >= 0.6 is 0 Å². The van der Waals surface area contributed by atoms with E-state index in [1.54, 1.807) is 12.1 Å². The standard InChI is InChI=1S/C16H28N2O2S/c1-6-10-17-12-14-11-15(9-8-13(14)7-2)21(19,20)18-16(3,4)5/h8-9,11,17-18H,6-7,10,12H2,1-5H3. The van der Waals surface area contributed by atoms with E-state index in [9.17, 15) is 8.42 Å². The molecule has 0 saturated carbocycles. The van der Waals surface area contributed by atoms with Gasteiger partial charge in [0.1, 0.15) is 0 Å². The molecular formula is C16H28N2O2S. The van der Waals surface area contributed by atoms with E-state index in [0.717, 1.165) is 24.9 Å². The van der Waals surface area contributed by atoms with Crippen molar-refractivity contribution < 1.29 is 8.42 Å². The van der Waals surface area contributed by atoms with Gasteiger partial charge in [0, 0.05) is 12.1 Å². The molecule has 0 saturated heterocycles. The molecule has 0 fully saturated rings. The maximum atomic E-state index is 12.4. The Labute approximate surface area is 129 Å². The predicted molar refractivity (Wildman–Crippen MR) is 87.9 cm³/mol. The first-order chi connectivity index (χ1) is 9.69. The van der Waals surface area contributed by atoms with Gasteiger partial charge in [-0.05, 0) is 63.4 Å². The molecule has 1 aromatic carbocycles. The van der Waals surface area contributed by atoms with Gasteiger partial charge in [0.25, 0.3) is 0 Å². The lowest BCUT2D eigenvalue weighted by Crippen LogP contribution is -2.40. The van der Waals surface area contributed by atoms with Gasteiger partial charge in [-0.2, -0.15) is 0 Å². The van der Waals surface area contributed by atoms with Crippen molar-refractivity contribution in [3.63, 3.8) is 0 Å². The first-order valence-electron chi connectivity index (χ1n) is 7.56. The smallest absolute Gasteiger partial charge is 0.241 e.